The standard InChI is InChI=1S/C14H20BrNO2/c1-11-14(2,6-8-17-11)16-7-9-18-13-5-3-4-12(15)10-13/h3-5,10-11,16H,6-9H2,1-2H3. The maximum atomic E-state index is 5.69. The second-order valence-corrected chi connectivity index (χ2v) is 5.83. The van der Waals surface area contributed by atoms with E-state index >= 15 is 0 Å². The molecule has 1 N–H and O–H groups in total. The van der Waals surface area contributed by atoms with Crippen molar-refractivity contribution in [3.63, 3.8) is 0 Å². The fourth-order valence-corrected chi connectivity index (χ4v) is 2.51. The summed E-state index contributed by atoms with van der Waals surface area (Å²) in [5.74, 6) is 0.895. The average molecular weight is 314 g/mol. The highest BCUT2D eigenvalue weighted by atomic mass is 79.9. The highest BCUT2D eigenvalue weighted by Crippen LogP contribution is 2.24. The molecule has 1 aromatic carbocycles. The van der Waals surface area contributed by atoms with Crippen molar-refractivity contribution in [2.45, 2.75) is 31.9 Å². The molecule has 1 heterocycles. The van der Waals surface area contributed by atoms with Gasteiger partial charge in [-0.25, -0.2) is 0 Å². The Morgan fingerprint density at radius 2 is 2.39 bits per heavy atom. The third-order valence-corrected chi connectivity index (χ3v) is 4.08. The van der Waals surface area contributed by atoms with Crippen molar-refractivity contribution in [3.8, 4) is 5.75 Å². The quantitative estimate of drug-likeness (QED) is 0.848. The van der Waals surface area contributed by atoms with Gasteiger partial charge in [0, 0.05) is 23.2 Å². The van der Waals surface area contributed by atoms with Crippen molar-refractivity contribution in [1.29, 1.82) is 0 Å². The van der Waals surface area contributed by atoms with Crippen LogP contribution in [0.1, 0.15) is 20.3 Å². The van der Waals surface area contributed by atoms with Crippen molar-refractivity contribution in [3.05, 3.63) is 28.7 Å². The third-order valence-electron chi connectivity index (χ3n) is 3.58. The van der Waals surface area contributed by atoms with Crippen LogP contribution < -0.4 is 10.1 Å². The average Bonchev–Trinajstić information content (AvgIpc) is 2.66. The third kappa shape index (κ3) is 3.46. The zero-order valence-electron chi connectivity index (χ0n) is 10.9. The Kier molecular flexibility index (Phi) is 4.65. The van der Waals surface area contributed by atoms with Crippen molar-refractivity contribution in [2.75, 3.05) is 19.8 Å². The smallest absolute Gasteiger partial charge is 0.120 e. The van der Waals surface area contributed by atoms with Crippen LogP contribution in [-0.2, 0) is 4.74 Å². The molecule has 0 saturated carbocycles. The van der Waals surface area contributed by atoms with E-state index in [4.69, 9.17) is 9.47 Å². The van der Waals surface area contributed by atoms with Gasteiger partial charge in [0.1, 0.15) is 12.4 Å². The summed E-state index contributed by atoms with van der Waals surface area (Å²) in [6.07, 6.45) is 1.33. The highest BCUT2D eigenvalue weighted by Gasteiger charge is 2.36. The second-order valence-electron chi connectivity index (χ2n) is 4.91. The molecule has 3 nitrogen and oxygen atoms in total. The number of halogens is 1. The summed E-state index contributed by atoms with van der Waals surface area (Å²) >= 11 is 3.43. The molecule has 0 radical (unpaired) electrons. The predicted octanol–water partition coefficient (Wildman–Crippen LogP) is 2.99. The number of rotatable bonds is 5. The Hall–Kier alpha value is -0.580. The van der Waals surface area contributed by atoms with Gasteiger partial charge in [-0.15, -0.1) is 0 Å². The summed E-state index contributed by atoms with van der Waals surface area (Å²) in [4.78, 5) is 0. The molecule has 0 aromatic heterocycles. The minimum absolute atomic E-state index is 0.0840. The molecule has 2 rings (SSSR count). The second kappa shape index (κ2) is 6.04. The Morgan fingerprint density at radius 3 is 3.06 bits per heavy atom. The van der Waals surface area contributed by atoms with Crippen molar-refractivity contribution in [2.24, 2.45) is 0 Å². The van der Waals surface area contributed by atoms with Crippen LogP contribution in [0, 0.1) is 0 Å². The Bertz CT molecular complexity index is 399. The van der Waals surface area contributed by atoms with E-state index in [-0.39, 0.29) is 11.6 Å². The fourth-order valence-electron chi connectivity index (χ4n) is 2.13. The highest BCUT2D eigenvalue weighted by molar-refractivity contribution is 9.10. The first-order chi connectivity index (χ1) is 8.60. The van der Waals surface area contributed by atoms with Crippen molar-refractivity contribution < 1.29 is 9.47 Å². The van der Waals surface area contributed by atoms with Gasteiger partial charge in [0.05, 0.1) is 6.10 Å². The SMILES string of the molecule is CC1OCCC1(C)NCCOc1cccc(Br)c1. The first kappa shape index (κ1) is 13.8. The molecule has 1 aliphatic rings. The van der Waals surface area contributed by atoms with Gasteiger partial charge in [-0.1, -0.05) is 22.0 Å². The Labute approximate surface area is 117 Å². The molecule has 1 aliphatic heterocycles. The summed E-state index contributed by atoms with van der Waals surface area (Å²) in [7, 11) is 0. The molecule has 0 amide bonds. The largest absolute Gasteiger partial charge is 0.492 e. The Morgan fingerprint density at radius 1 is 1.56 bits per heavy atom. The number of benzene rings is 1. The molecule has 4 heteroatoms. The lowest BCUT2D eigenvalue weighted by Gasteiger charge is -2.29. The van der Waals surface area contributed by atoms with E-state index in [9.17, 15) is 0 Å². The van der Waals surface area contributed by atoms with Gasteiger partial charge in [-0.2, -0.15) is 0 Å². The summed E-state index contributed by atoms with van der Waals surface area (Å²) in [5, 5.41) is 3.53. The van der Waals surface area contributed by atoms with Crippen LogP contribution >= 0.6 is 15.9 Å². The lowest BCUT2D eigenvalue weighted by molar-refractivity contribution is 0.0872. The minimum Gasteiger partial charge on any atom is -0.492 e. The van der Waals surface area contributed by atoms with Crippen LogP contribution in [0.5, 0.6) is 5.75 Å². The van der Waals surface area contributed by atoms with E-state index in [0.29, 0.717) is 6.61 Å². The topological polar surface area (TPSA) is 30.5 Å². The molecule has 0 spiro atoms. The minimum atomic E-state index is 0.0840. The maximum Gasteiger partial charge on any atom is 0.120 e. The summed E-state index contributed by atoms with van der Waals surface area (Å²) in [6, 6.07) is 7.90. The molecule has 1 saturated heterocycles. The first-order valence-corrected chi connectivity index (χ1v) is 7.14. The summed E-state index contributed by atoms with van der Waals surface area (Å²) in [5.41, 5.74) is 0.0840. The van der Waals surface area contributed by atoms with Crippen LogP contribution in [0.4, 0.5) is 0 Å². The van der Waals surface area contributed by atoms with Crippen LogP contribution in [0.15, 0.2) is 28.7 Å². The summed E-state index contributed by atoms with van der Waals surface area (Å²) in [6.45, 7) is 6.67. The number of ether oxygens (including phenoxy) is 2. The number of hydrogen-bond donors (Lipinski definition) is 1. The van der Waals surface area contributed by atoms with E-state index in [1.54, 1.807) is 0 Å². The lowest BCUT2D eigenvalue weighted by Crippen LogP contribution is -2.49. The zero-order valence-corrected chi connectivity index (χ0v) is 12.5. The molecular weight excluding hydrogens is 294 g/mol. The normalized spacial score (nSPS) is 27.4. The van der Waals surface area contributed by atoms with Crippen LogP contribution in [0.3, 0.4) is 0 Å². The predicted molar refractivity (Wildman–Crippen MR) is 76.1 cm³/mol. The van der Waals surface area contributed by atoms with Gasteiger partial charge in [0.25, 0.3) is 0 Å². The van der Waals surface area contributed by atoms with Crippen LogP contribution in [0.2, 0.25) is 0 Å². The zero-order chi connectivity index (χ0) is 13.0. The molecule has 18 heavy (non-hydrogen) atoms. The molecule has 2 unspecified atom stereocenters. The van der Waals surface area contributed by atoms with E-state index in [1.165, 1.54) is 0 Å². The van der Waals surface area contributed by atoms with Crippen molar-refractivity contribution >= 4 is 15.9 Å². The van der Waals surface area contributed by atoms with E-state index < -0.39 is 0 Å². The van der Waals surface area contributed by atoms with Gasteiger partial charge < -0.3 is 14.8 Å². The maximum absolute atomic E-state index is 5.69. The van der Waals surface area contributed by atoms with E-state index in [1.807, 2.05) is 24.3 Å². The molecular formula is C14H20BrNO2. The van der Waals surface area contributed by atoms with Gasteiger partial charge in [0.15, 0.2) is 0 Å². The number of hydrogen-bond acceptors (Lipinski definition) is 3. The van der Waals surface area contributed by atoms with Crippen LogP contribution in [0.25, 0.3) is 0 Å². The molecule has 1 fully saturated rings. The fraction of sp³-hybridized carbons (Fsp3) is 0.571. The molecule has 0 aliphatic carbocycles. The first-order valence-electron chi connectivity index (χ1n) is 6.35. The van der Waals surface area contributed by atoms with Gasteiger partial charge in [0.2, 0.25) is 0 Å². The summed E-state index contributed by atoms with van der Waals surface area (Å²) < 4.78 is 12.3. The van der Waals surface area contributed by atoms with Gasteiger partial charge in [-0.05, 0) is 38.5 Å². The van der Waals surface area contributed by atoms with E-state index in [2.05, 4.69) is 35.1 Å². The van der Waals surface area contributed by atoms with Crippen molar-refractivity contribution in [1.82, 2.24) is 5.32 Å². The van der Waals surface area contributed by atoms with Gasteiger partial charge >= 0.3 is 0 Å². The van der Waals surface area contributed by atoms with Crippen LogP contribution in [-0.4, -0.2) is 31.4 Å². The molecule has 2 atom stereocenters. The molecule has 1 aromatic rings. The number of nitrogens with one attached hydrogen (secondary N) is 1. The monoisotopic (exact) mass is 313 g/mol. The van der Waals surface area contributed by atoms with E-state index in [0.717, 1.165) is 29.8 Å². The van der Waals surface area contributed by atoms with Gasteiger partial charge in [-0.3, -0.25) is 0 Å². The lowest BCUT2D eigenvalue weighted by atomic mass is 9.95. The molecule has 0 bridgehead atoms. The molecule has 100 valence electrons. The Balaban J connectivity index is 1.73.